The molecular weight excluding hydrogens is 360 g/mol. The zero-order chi connectivity index (χ0) is 20.2. The molecule has 0 aliphatic carbocycles. The number of hydrogen-bond donors (Lipinski definition) is 0. The third-order valence-corrected chi connectivity index (χ3v) is 5.86. The number of fused-ring (bicyclic) bond motifs is 1. The fourth-order valence-electron chi connectivity index (χ4n) is 4.26. The molecule has 4 nitrogen and oxygen atoms in total. The van der Waals surface area contributed by atoms with Crippen LogP contribution in [0.15, 0.2) is 46.9 Å². The van der Waals surface area contributed by atoms with Gasteiger partial charge in [-0.3, -0.25) is 4.79 Å². The summed E-state index contributed by atoms with van der Waals surface area (Å²) < 4.78 is 6.09. The zero-order valence-corrected chi connectivity index (χ0v) is 17.5. The molecule has 0 N–H and O–H groups in total. The molecule has 2 aromatic carbocycles. The number of amides is 1. The van der Waals surface area contributed by atoms with Crippen molar-refractivity contribution in [3.8, 4) is 11.1 Å². The van der Waals surface area contributed by atoms with Crippen LogP contribution in [0.25, 0.3) is 22.2 Å². The Bertz CT molecular complexity index is 991. The van der Waals surface area contributed by atoms with Crippen LogP contribution in [0.2, 0.25) is 0 Å². The SMILES string of the molecule is CCCCCCC(=O)N1CCC[C@@H]1c1nc2cc(-c3cccc(C)c3)ccc2o1. The summed E-state index contributed by atoms with van der Waals surface area (Å²) >= 11 is 0. The van der Waals surface area contributed by atoms with E-state index < -0.39 is 0 Å². The van der Waals surface area contributed by atoms with E-state index in [0.29, 0.717) is 12.3 Å². The van der Waals surface area contributed by atoms with E-state index in [1.807, 2.05) is 11.0 Å². The van der Waals surface area contributed by atoms with E-state index in [4.69, 9.17) is 9.40 Å². The third-order valence-electron chi connectivity index (χ3n) is 5.86. The van der Waals surface area contributed by atoms with Crippen molar-refractivity contribution in [2.75, 3.05) is 6.54 Å². The molecule has 0 spiro atoms. The van der Waals surface area contributed by atoms with E-state index in [1.54, 1.807) is 0 Å². The monoisotopic (exact) mass is 390 g/mol. The summed E-state index contributed by atoms with van der Waals surface area (Å²) in [4.78, 5) is 19.5. The summed E-state index contributed by atoms with van der Waals surface area (Å²) in [6, 6.07) is 14.6. The Balaban J connectivity index is 1.53. The molecule has 1 aliphatic heterocycles. The van der Waals surface area contributed by atoms with Gasteiger partial charge < -0.3 is 9.32 Å². The van der Waals surface area contributed by atoms with Gasteiger partial charge >= 0.3 is 0 Å². The molecule has 1 atom stereocenters. The van der Waals surface area contributed by atoms with Gasteiger partial charge in [0.15, 0.2) is 5.58 Å². The standard InChI is InChI=1S/C25H30N2O2/c1-3-4-5-6-12-24(28)27-15-8-11-22(27)25-26-21-17-20(13-14-23(21)29-25)19-10-7-9-18(2)16-19/h7,9-10,13-14,16-17,22H,3-6,8,11-12,15H2,1-2H3/t22-/m1/s1. The number of nitrogens with zero attached hydrogens (tertiary/aromatic N) is 2. The molecule has 4 rings (SSSR count). The van der Waals surface area contributed by atoms with Crippen LogP contribution < -0.4 is 0 Å². The molecule has 1 fully saturated rings. The van der Waals surface area contributed by atoms with E-state index >= 15 is 0 Å². The van der Waals surface area contributed by atoms with Crippen molar-refractivity contribution in [2.45, 2.75) is 64.8 Å². The second-order valence-corrected chi connectivity index (χ2v) is 8.16. The van der Waals surface area contributed by atoms with Crippen LogP contribution >= 0.6 is 0 Å². The van der Waals surface area contributed by atoms with Crippen molar-refractivity contribution in [1.82, 2.24) is 9.88 Å². The fourth-order valence-corrected chi connectivity index (χ4v) is 4.26. The zero-order valence-electron chi connectivity index (χ0n) is 17.5. The molecule has 1 amide bonds. The Morgan fingerprint density at radius 1 is 1.14 bits per heavy atom. The Hall–Kier alpha value is -2.62. The van der Waals surface area contributed by atoms with Crippen molar-refractivity contribution in [3.05, 3.63) is 53.9 Å². The van der Waals surface area contributed by atoms with E-state index in [1.165, 1.54) is 24.0 Å². The van der Waals surface area contributed by atoms with Crippen molar-refractivity contribution in [1.29, 1.82) is 0 Å². The average molecular weight is 391 g/mol. The molecule has 1 aliphatic rings. The lowest BCUT2D eigenvalue weighted by Crippen LogP contribution is -2.30. The first-order valence-electron chi connectivity index (χ1n) is 10.9. The second kappa shape index (κ2) is 8.81. The predicted octanol–water partition coefficient (Wildman–Crippen LogP) is 6.44. The van der Waals surface area contributed by atoms with Crippen LogP contribution in [0.5, 0.6) is 0 Å². The van der Waals surface area contributed by atoms with Gasteiger partial charge in [0.2, 0.25) is 11.8 Å². The van der Waals surface area contributed by atoms with Gasteiger partial charge in [0.05, 0.1) is 0 Å². The maximum absolute atomic E-state index is 12.7. The summed E-state index contributed by atoms with van der Waals surface area (Å²) in [6.45, 7) is 5.10. The highest BCUT2D eigenvalue weighted by Gasteiger charge is 2.33. The first-order valence-corrected chi connectivity index (χ1v) is 10.9. The highest BCUT2D eigenvalue weighted by Crippen LogP contribution is 2.35. The molecule has 1 aromatic heterocycles. The van der Waals surface area contributed by atoms with Gasteiger partial charge in [-0.05, 0) is 49.4 Å². The molecule has 0 radical (unpaired) electrons. The van der Waals surface area contributed by atoms with Crippen LogP contribution in [0.4, 0.5) is 0 Å². The highest BCUT2D eigenvalue weighted by molar-refractivity contribution is 5.81. The summed E-state index contributed by atoms with van der Waals surface area (Å²) in [7, 11) is 0. The van der Waals surface area contributed by atoms with Gasteiger partial charge in [-0.25, -0.2) is 4.98 Å². The summed E-state index contributed by atoms with van der Waals surface area (Å²) in [5, 5.41) is 0. The number of aromatic nitrogens is 1. The Labute approximate surface area is 172 Å². The minimum Gasteiger partial charge on any atom is -0.438 e. The van der Waals surface area contributed by atoms with Gasteiger partial charge in [0, 0.05) is 13.0 Å². The number of rotatable bonds is 7. The van der Waals surface area contributed by atoms with Gasteiger partial charge in [-0.1, -0.05) is 62.1 Å². The number of likely N-dealkylation sites (tertiary alicyclic amines) is 1. The number of carbonyl (C=O) groups is 1. The molecule has 0 saturated carbocycles. The summed E-state index contributed by atoms with van der Waals surface area (Å²) in [5.74, 6) is 0.923. The number of unbranched alkanes of at least 4 members (excludes halogenated alkanes) is 3. The third kappa shape index (κ3) is 4.36. The minimum atomic E-state index is -0.0245. The van der Waals surface area contributed by atoms with Gasteiger partial charge in [0.25, 0.3) is 0 Å². The van der Waals surface area contributed by atoms with Crippen LogP contribution in [0.3, 0.4) is 0 Å². The van der Waals surface area contributed by atoms with E-state index in [2.05, 4.69) is 50.2 Å². The van der Waals surface area contributed by atoms with Crippen molar-refractivity contribution < 1.29 is 9.21 Å². The summed E-state index contributed by atoms with van der Waals surface area (Å²) in [6.07, 6.45) is 7.07. The number of oxazole rings is 1. The van der Waals surface area contributed by atoms with Crippen LogP contribution in [0.1, 0.15) is 69.4 Å². The van der Waals surface area contributed by atoms with Crippen molar-refractivity contribution in [3.63, 3.8) is 0 Å². The lowest BCUT2D eigenvalue weighted by atomic mass is 10.0. The van der Waals surface area contributed by atoms with E-state index in [-0.39, 0.29) is 11.9 Å². The Kier molecular flexibility index (Phi) is 5.98. The smallest absolute Gasteiger partial charge is 0.223 e. The number of aryl methyl sites for hydroxylation is 1. The van der Waals surface area contributed by atoms with Crippen LogP contribution in [-0.4, -0.2) is 22.3 Å². The molecule has 4 heteroatoms. The molecule has 0 unspecified atom stereocenters. The predicted molar refractivity (Wildman–Crippen MR) is 117 cm³/mol. The average Bonchev–Trinajstić information content (AvgIpc) is 3.37. The second-order valence-electron chi connectivity index (χ2n) is 8.16. The quantitative estimate of drug-likeness (QED) is 0.436. The van der Waals surface area contributed by atoms with Crippen LogP contribution in [-0.2, 0) is 4.79 Å². The normalized spacial score (nSPS) is 16.6. The maximum Gasteiger partial charge on any atom is 0.223 e. The van der Waals surface area contributed by atoms with Gasteiger partial charge in [-0.2, -0.15) is 0 Å². The first-order chi connectivity index (χ1) is 14.2. The molecule has 2 heterocycles. The summed E-state index contributed by atoms with van der Waals surface area (Å²) in [5.41, 5.74) is 5.21. The maximum atomic E-state index is 12.7. The lowest BCUT2D eigenvalue weighted by Gasteiger charge is -2.22. The van der Waals surface area contributed by atoms with E-state index in [0.717, 1.165) is 48.9 Å². The Morgan fingerprint density at radius 3 is 2.83 bits per heavy atom. The minimum absolute atomic E-state index is 0.0245. The first kappa shape index (κ1) is 19.7. The van der Waals surface area contributed by atoms with Gasteiger partial charge in [-0.15, -0.1) is 0 Å². The number of carbonyl (C=O) groups excluding carboxylic acids is 1. The number of benzene rings is 2. The molecule has 29 heavy (non-hydrogen) atoms. The Morgan fingerprint density at radius 2 is 2.00 bits per heavy atom. The largest absolute Gasteiger partial charge is 0.438 e. The molecule has 0 bridgehead atoms. The topological polar surface area (TPSA) is 46.3 Å². The van der Waals surface area contributed by atoms with E-state index in [9.17, 15) is 4.79 Å². The fraction of sp³-hybridized carbons (Fsp3) is 0.440. The lowest BCUT2D eigenvalue weighted by molar-refractivity contribution is -0.132. The number of hydrogen-bond acceptors (Lipinski definition) is 3. The van der Waals surface area contributed by atoms with Crippen LogP contribution in [0, 0.1) is 6.92 Å². The van der Waals surface area contributed by atoms with Gasteiger partial charge in [0.1, 0.15) is 11.6 Å². The molecule has 152 valence electrons. The molecule has 3 aromatic rings. The van der Waals surface area contributed by atoms with Crippen molar-refractivity contribution in [2.24, 2.45) is 0 Å². The molecular formula is C25H30N2O2. The van der Waals surface area contributed by atoms with Crippen molar-refractivity contribution >= 4 is 17.0 Å². The molecule has 1 saturated heterocycles. The highest BCUT2D eigenvalue weighted by atomic mass is 16.3.